The molecule has 50 heavy (non-hydrogen) atoms. The summed E-state index contributed by atoms with van der Waals surface area (Å²) in [6.45, 7) is 11.8. The first-order valence-electron chi connectivity index (χ1n) is 18.7. The van der Waals surface area contributed by atoms with E-state index in [-0.39, 0.29) is 23.2 Å². The Labute approximate surface area is 298 Å². The number of aromatic nitrogens is 2. The molecule has 3 aliphatic rings. The first-order chi connectivity index (χ1) is 24.4. The van der Waals surface area contributed by atoms with Crippen LogP contribution in [0.4, 0.5) is 40.1 Å². The van der Waals surface area contributed by atoms with Crippen LogP contribution in [0.5, 0.6) is 0 Å². The average Bonchev–Trinajstić information content (AvgIpc) is 3.63. The van der Waals surface area contributed by atoms with Crippen molar-refractivity contribution in [3.8, 4) is 0 Å². The van der Waals surface area contributed by atoms with Gasteiger partial charge >= 0.3 is 0 Å². The van der Waals surface area contributed by atoms with Crippen LogP contribution in [-0.4, -0.2) is 29.3 Å². The fourth-order valence-electron chi connectivity index (χ4n) is 9.89. The molecular formula is C44H50N6. The van der Waals surface area contributed by atoms with Crippen molar-refractivity contribution < 1.29 is 0 Å². The molecule has 8 rings (SSSR count). The number of fused-ring (bicyclic) bond motifs is 6. The third-order valence-electron chi connectivity index (χ3n) is 12.5. The van der Waals surface area contributed by atoms with E-state index in [0.717, 1.165) is 61.5 Å². The normalized spacial score (nSPS) is 23.5. The van der Waals surface area contributed by atoms with E-state index < -0.39 is 0 Å². The summed E-state index contributed by atoms with van der Waals surface area (Å²) >= 11 is 0. The second kappa shape index (κ2) is 12.5. The smallest absolute Gasteiger partial charge is 0.178 e. The third kappa shape index (κ3) is 4.60. The molecule has 0 saturated heterocycles. The highest BCUT2D eigenvalue weighted by atomic mass is 15.5. The van der Waals surface area contributed by atoms with Crippen LogP contribution >= 0.6 is 0 Å². The van der Waals surface area contributed by atoms with Crippen LogP contribution in [0.1, 0.15) is 77.1 Å². The third-order valence-corrected chi connectivity index (χ3v) is 12.5. The Morgan fingerprint density at radius 3 is 2.06 bits per heavy atom. The number of para-hydroxylation sites is 5. The highest BCUT2D eigenvalue weighted by Crippen LogP contribution is 2.64. The zero-order valence-corrected chi connectivity index (χ0v) is 30.5. The second-order valence-corrected chi connectivity index (χ2v) is 14.6. The molecule has 0 fully saturated rings. The lowest BCUT2D eigenvalue weighted by atomic mass is 9.52. The maximum Gasteiger partial charge on any atom is 0.178 e. The molecule has 0 N–H and O–H groups in total. The molecule has 5 aromatic rings. The molecule has 1 aromatic heterocycles. The molecule has 6 nitrogen and oxygen atoms in total. The Morgan fingerprint density at radius 1 is 0.680 bits per heavy atom. The van der Waals surface area contributed by atoms with Crippen LogP contribution in [0.3, 0.4) is 0 Å². The van der Waals surface area contributed by atoms with Gasteiger partial charge in [0.25, 0.3) is 0 Å². The van der Waals surface area contributed by atoms with Crippen molar-refractivity contribution in [3.05, 3.63) is 126 Å². The minimum absolute atomic E-state index is 0.0183. The molecule has 0 spiro atoms. The highest BCUT2D eigenvalue weighted by Gasteiger charge is 2.60. The molecule has 0 aliphatic carbocycles. The Bertz CT molecular complexity index is 2010. The first-order valence-corrected chi connectivity index (χ1v) is 18.7. The van der Waals surface area contributed by atoms with Crippen LogP contribution in [0.2, 0.25) is 0 Å². The van der Waals surface area contributed by atoms with E-state index in [1.165, 1.54) is 33.9 Å². The molecule has 6 heteroatoms. The van der Waals surface area contributed by atoms with Gasteiger partial charge in [-0.25, -0.2) is 9.97 Å². The molecule has 0 bridgehead atoms. The van der Waals surface area contributed by atoms with Crippen LogP contribution in [0.25, 0.3) is 0 Å². The van der Waals surface area contributed by atoms with Crippen LogP contribution in [-0.2, 0) is 18.3 Å². The fraction of sp³-hybridized carbons (Fsp3) is 0.364. The number of nitrogens with zero attached hydrogens (tertiary/aromatic N) is 6. The number of hydrogen-bond donors (Lipinski definition) is 0. The molecule has 0 saturated carbocycles. The summed E-state index contributed by atoms with van der Waals surface area (Å²) in [5.41, 5.74) is 10.3. The van der Waals surface area contributed by atoms with Gasteiger partial charge in [0, 0.05) is 34.9 Å². The lowest BCUT2D eigenvalue weighted by molar-refractivity contribution is 0.0695. The first kappa shape index (κ1) is 32.4. The van der Waals surface area contributed by atoms with Gasteiger partial charge in [-0.15, -0.1) is 0 Å². The van der Waals surface area contributed by atoms with Crippen molar-refractivity contribution in [1.82, 2.24) is 9.97 Å². The SMILES string of the molecule is CCc1cnc2c(n1)N(c1ccccc1)C(C)N2c1ccccc1CCCC1(CC)c2ccccc2N2c3ccccc3N(C)C2C1(C)CC. The molecule has 4 atom stereocenters. The van der Waals surface area contributed by atoms with E-state index in [1.807, 2.05) is 6.20 Å². The van der Waals surface area contributed by atoms with Gasteiger partial charge in [0.1, 0.15) is 12.3 Å². The van der Waals surface area contributed by atoms with E-state index in [9.17, 15) is 0 Å². The van der Waals surface area contributed by atoms with Gasteiger partial charge in [-0.1, -0.05) is 94.4 Å². The van der Waals surface area contributed by atoms with Crippen molar-refractivity contribution in [1.29, 1.82) is 0 Å². The van der Waals surface area contributed by atoms with E-state index in [2.05, 4.69) is 164 Å². The molecule has 4 aromatic carbocycles. The maximum absolute atomic E-state index is 5.14. The Kier molecular flexibility index (Phi) is 8.08. The predicted molar refractivity (Wildman–Crippen MR) is 209 cm³/mol. The van der Waals surface area contributed by atoms with Gasteiger partial charge in [0.2, 0.25) is 0 Å². The van der Waals surface area contributed by atoms with Crippen LogP contribution < -0.4 is 19.6 Å². The van der Waals surface area contributed by atoms with E-state index in [0.29, 0.717) is 0 Å². The number of aryl methyl sites for hydroxylation is 2. The zero-order chi connectivity index (χ0) is 34.6. The van der Waals surface area contributed by atoms with E-state index >= 15 is 0 Å². The molecule has 256 valence electrons. The molecule has 0 amide bonds. The summed E-state index contributed by atoms with van der Waals surface area (Å²) in [5.74, 6) is 1.87. The maximum atomic E-state index is 5.14. The van der Waals surface area contributed by atoms with Crippen molar-refractivity contribution in [2.45, 2.75) is 90.9 Å². The summed E-state index contributed by atoms with van der Waals surface area (Å²) in [6, 6.07) is 37.9. The Hall–Kier alpha value is -4.84. The number of anilines is 7. The lowest BCUT2D eigenvalue weighted by Crippen LogP contribution is -2.63. The number of rotatable bonds is 9. The molecule has 3 aliphatic heterocycles. The van der Waals surface area contributed by atoms with Gasteiger partial charge in [0.05, 0.1) is 23.3 Å². The monoisotopic (exact) mass is 662 g/mol. The lowest BCUT2D eigenvalue weighted by Gasteiger charge is -2.60. The van der Waals surface area contributed by atoms with Gasteiger partial charge in [-0.2, -0.15) is 0 Å². The van der Waals surface area contributed by atoms with Crippen molar-refractivity contribution >= 4 is 40.1 Å². The number of hydrogen-bond acceptors (Lipinski definition) is 6. The number of benzene rings is 4. The molecule has 4 unspecified atom stereocenters. The summed E-state index contributed by atoms with van der Waals surface area (Å²) in [4.78, 5) is 20.2. The van der Waals surface area contributed by atoms with Gasteiger partial charge < -0.3 is 19.6 Å². The topological polar surface area (TPSA) is 38.7 Å². The van der Waals surface area contributed by atoms with Crippen molar-refractivity contribution in [2.24, 2.45) is 5.41 Å². The Balaban J connectivity index is 1.15. The summed E-state index contributed by atoms with van der Waals surface area (Å²) in [5, 5.41) is 0. The van der Waals surface area contributed by atoms with Gasteiger partial charge in [-0.05, 0) is 93.0 Å². The molecule has 4 heterocycles. The quantitative estimate of drug-likeness (QED) is 0.156. The average molecular weight is 663 g/mol. The van der Waals surface area contributed by atoms with Crippen molar-refractivity contribution in [2.75, 3.05) is 26.6 Å². The fourth-order valence-corrected chi connectivity index (χ4v) is 9.89. The van der Waals surface area contributed by atoms with Crippen molar-refractivity contribution in [3.63, 3.8) is 0 Å². The van der Waals surface area contributed by atoms with E-state index in [1.54, 1.807) is 0 Å². The van der Waals surface area contributed by atoms with Gasteiger partial charge in [-0.3, -0.25) is 0 Å². The second-order valence-electron chi connectivity index (χ2n) is 14.6. The molecular weight excluding hydrogens is 613 g/mol. The summed E-state index contributed by atoms with van der Waals surface area (Å²) in [7, 11) is 2.31. The predicted octanol–water partition coefficient (Wildman–Crippen LogP) is 10.7. The summed E-state index contributed by atoms with van der Waals surface area (Å²) in [6.07, 6.45) is 8.50. The van der Waals surface area contributed by atoms with Crippen LogP contribution in [0, 0.1) is 5.41 Å². The highest BCUT2D eigenvalue weighted by molar-refractivity contribution is 5.87. The zero-order valence-electron chi connectivity index (χ0n) is 30.5. The Morgan fingerprint density at radius 2 is 1.34 bits per heavy atom. The molecule has 0 radical (unpaired) electrons. The van der Waals surface area contributed by atoms with Crippen LogP contribution in [0.15, 0.2) is 109 Å². The van der Waals surface area contributed by atoms with E-state index in [4.69, 9.17) is 9.97 Å². The summed E-state index contributed by atoms with van der Waals surface area (Å²) < 4.78 is 0. The largest absolute Gasteiger partial charge is 0.352 e. The minimum Gasteiger partial charge on any atom is -0.352 e. The standard InChI is InChI=1S/C44H50N6/c1-7-33-30-45-40-41(46-33)48(34-22-11-10-12-23-34)31(4)49(40)36-25-15-13-20-32(36)21-19-29-44(9-3)35-24-14-16-26-37(35)50-39-28-18-17-27-38(39)47(6)42(50)43(44,5)8-2/h10-18,20,22-28,30-31,42H,7-9,19,21,29H2,1-6H3. The minimum atomic E-state index is 0.0183. The van der Waals surface area contributed by atoms with Gasteiger partial charge in [0.15, 0.2) is 11.6 Å².